The average Bonchev–Trinajstić information content (AvgIpc) is 2.14. The first kappa shape index (κ1) is 13.4. The first-order valence-electron chi connectivity index (χ1n) is 5.19. The Hall–Kier alpha value is -0.570. The van der Waals surface area contributed by atoms with Gasteiger partial charge in [0.25, 0.3) is 0 Å². The summed E-state index contributed by atoms with van der Waals surface area (Å²) in [5.41, 5.74) is 0.0587. The fourth-order valence-corrected chi connectivity index (χ4v) is 1.34. The maximum absolute atomic E-state index is 10.8. The molecule has 1 N–H and O–H groups in total. The van der Waals surface area contributed by atoms with E-state index in [0.29, 0.717) is 0 Å². The van der Waals surface area contributed by atoms with Gasteiger partial charge in [-0.1, -0.05) is 13.8 Å². The van der Waals surface area contributed by atoms with Gasteiger partial charge in [0.05, 0.1) is 5.92 Å². The van der Waals surface area contributed by atoms with Crippen LogP contribution in [0.1, 0.15) is 41.0 Å². The van der Waals surface area contributed by atoms with Crippen molar-refractivity contribution >= 4 is 5.97 Å². The Labute approximate surface area is 87.1 Å². The van der Waals surface area contributed by atoms with Crippen molar-refractivity contribution in [3.63, 3.8) is 0 Å². The van der Waals surface area contributed by atoms with Gasteiger partial charge in [0.15, 0.2) is 0 Å². The van der Waals surface area contributed by atoms with Crippen molar-refractivity contribution in [2.45, 2.75) is 52.6 Å². The molecule has 3 nitrogen and oxygen atoms in total. The molecular weight excluding hydrogens is 178 g/mol. The number of nitrogens with zero attached hydrogens (tertiary/aromatic N) is 1. The molecule has 0 fully saturated rings. The number of hydrogen-bond acceptors (Lipinski definition) is 2. The SMILES string of the molecule is CCC(C)(C)N(C)C(C)C(C)C(=O)O. The first-order chi connectivity index (χ1) is 6.24. The van der Waals surface area contributed by atoms with Crippen molar-refractivity contribution in [2.75, 3.05) is 7.05 Å². The zero-order valence-electron chi connectivity index (χ0n) is 10.2. The standard InChI is InChI=1S/C11H23NO2/c1-7-11(4,5)12(6)9(3)8(2)10(13)14/h8-9H,7H2,1-6H3,(H,13,14). The molecule has 0 aromatic carbocycles. The predicted octanol–water partition coefficient (Wildman–Crippen LogP) is 2.22. The highest BCUT2D eigenvalue weighted by Crippen LogP contribution is 2.22. The van der Waals surface area contributed by atoms with E-state index in [2.05, 4.69) is 25.7 Å². The molecule has 3 heteroatoms. The Morgan fingerprint density at radius 1 is 1.43 bits per heavy atom. The summed E-state index contributed by atoms with van der Waals surface area (Å²) in [4.78, 5) is 13.0. The van der Waals surface area contributed by atoms with Crippen molar-refractivity contribution in [1.29, 1.82) is 0 Å². The van der Waals surface area contributed by atoms with Crippen LogP contribution in [0.2, 0.25) is 0 Å². The number of carboxylic acid groups (broad SMARTS) is 1. The number of carbonyl (C=O) groups is 1. The zero-order chi connectivity index (χ0) is 11.5. The normalized spacial score (nSPS) is 16.8. The lowest BCUT2D eigenvalue weighted by Crippen LogP contribution is -2.49. The Morgan fingerprint density at radius 2 is 1.86 bits per heavy atom. The van der Waals surface area contributed by atoms with E-state index in [0.717, 1.165) is 6.42 Å². The summed E-state index contributed by atoms with van der Waals surface area (Å²) in [5, 5.41) is 8.91. The highest BCUT2D eigenvalue weighted by atomic mass is 16.4. The maximum Gasteiger partial charge on any atom is 0.307 e. The van der Waals surface area contributed by atoms with E-state index in [4.69, 9.17) is 5.11 Å². The number of rotatable bonds is 5. The highest BCUT2D eigenvalue weighted by molar-refractivity contribution is 5.70. The Bertz CT molecular complexity index is 201. The Morgan fingerprint density at radius 3 is 2.14 bits per heavy atom. The van der Waals surface area contributed by atoms with Gasteiger partial charge in [-0.25, -0.2) is 0 Å². The average molecular weight is 201 g/mol. The van der Waals surface area contributed by atoms with Crippen LogP contribution in [0.5, 0.6) is 0 Å². The maximum atomic E-state index is 10.8. The van der Waals surface area contributed by atoms with E-state index in [1.165, 1.54) is 0 Å². The van der Waals surface area contributed by atoms with Crippen LogP contribution in [0.4, 0.5) is 0 Å². The second-order valence-electron chi connectivity index (χ2n) is 4.64. The zero-order valence-corrected chi connectivity index (χ0v) is 10.2. The summed E-state index contributed by atoms with van der Waals surface area (Å²) in [6.45, 7) is 10.1. The van der Waals surface area contributed by atoms with Gasteiger partial charge in [-0.05, 0) is 34.2 Å². The van der Waals surface area contributed by atoms with Gasteiger partial charge in [-0.2, -0.15) is 0 Å². The molecule has 0 saturated heterocycles. The molecule has 0 bridgehead atoms. The molecule has 2 unspecified atom stereocenters. The molecule has 84 valence electrons. The van der Waals surface area contributed by atoms with Crippen molar-refractivity contribution in [2.24, 2.45) is 5.92 Å². The van der Waals surface area contributed by atoms with Crippen LogP contribution in [0.15, 0.2) is 0 Å². The number of carboxylic acids is 1. The van der Waals surface area contributed by atoms with Crippen LogP contribution in [0.3, 0.4) is 0 Å². The van der Waals surface area contributed by atoms with Gasteiger partial charge in [-0.15, -0.1) is 0 Å². The van der Waals surface area contributed by atoms with Crippen molar-refractivity contribution in [3.8, 4) is 0 Å². The summed E-state index contributed by atoms with van der Waals surface area (Å²) < 4.78 is 0. The highest BCUT2D eigenvalue weighted by Gasteiger charge is 2.30. The fourth-order valence-electron chi connectivity index (χ4n) is 1.34. The molecule has 0 rings (SSSR count). The van der Waals surface area contributed by atoms with Gasteiger partial charge in [0.2, 0.25) is 0 Å². The lowest BCUT2D eigenvalue weighted by atomic mass is 9.93. The van der Waals surface area contributed by atoms with Gasteiger partial charge in [0.1, 0.15) is 0 Å². The van der Waals surface area contributed by atoms with E-state index >= 15 is 0 Å². The van der Waals surface area contributed by atoms with E-state index < -0.39 is 5.97 Å². The van der Waals surface area contributed by atoms with E-state index in [1.54, 1.807) is 6.92 Å². The molecule has 0 aliphatic rings. The topological polar surface area (TPSA) is 40.5 Å². The summed E-state index contributed by atoms with van der Waals surface area (Å²) in [7, 11) is 1.99. The molecule has 0 saturated carbocycles. The number of hydrogen-bond donors (Lipinski definition) is 1. The molecular formula is C11H23NO2. The third-order valence-electron chi connectivity index (χ3n) is 3.54. The largest absolute Gasteiger partial charge is 0.481 e. The predicted molar refractivity (Wildman–Crippen MR) is 58.4 cm³/mol. The second kappa shape index (κ2) is 4.78. The van der Waals surface area contributed by atoms with Crippen molar-refractivity contribution in [1.82, 2.24) is 4.90 Å². The van der Waals surface area contributed by atoms with Crippen LogP contribution < -0.4 is 0 Å². The molecule has 0 aromatic rings. The Balaban J connectivity index is 4.53. The van der Waals surface area contributed by atoms with Gasteiger partial charge in [-0.3, -0.25) is 9.69 Å². The molecule has 0 aliphatic carbocycles. The third kappa shape index (κ3) is 2.98. The lowest BCUT2D eigenvalue weighted by molar-refractivity contribution is -0.143. The first-order valence-corrected chi connectivity index (χ1v) is 5.19. The van der Waals surface area contributed by atoms with Gasteiger partial charge >= 0.3 is 5.97 Å². The summed E-state index contributed by atoms with van der Waals surface area (Å²) in [6.07, 6.45) is 1.01. The van der Waals surface area contributed by atoms with Crippen molar-refractivity contribution < 1.29 is 9.90 Å². The monoisotopic (exact) mass is 201 g/mol. The fraction of sp³-hybridized carbons (Fsp3) is 0.909. The molecule has 2 atom stereocenters. The molecule has 0 spiro atoms. The minimum atomic E-state index is -0.726. The summed E-state index contributed by atoms with van der Waals surface area (Å²) in [5.74, 6) is -1.05. The second-order valence-corrected chi connectivity index (χ2v) is 4.64. The smallest absolute Gasteiger partial charge is 0.307 e. The molecule has 0 heterocycles. The van der Waals surface area contributed by atoms with Crippen LogP contribution >= 0.6 is 0 Å². The number of aliphatic carboxylic acids is 1. The van der Waals surface area contributed by atoms with E-state index in [9.17, 15) is 4.79 Å². The van der Waals surface area contributed by atoms with Gasteiger partial charge < -0.3 is 5.11 Å². The van der Waals surface area contributed by atoms with Crippen LogP contribution in [0.25, 0.3) is 0 Å². The van der Waals surface area contributed by atoms with Crippen molar-refractivity contribution in [3.05, 3.63) is 0 Å². The molecule has 0 aliphatic heterocycles. The minimum absolute atomic E-state index is 0.0578. The van der Waals surface area contributed by atoms with E-state index in [-0.39, 0.29) is 17.5 Å². The lowest BCUT2D eigenvalue weighted by Gasteiger charge is -2.40. The van der Waals surface area contributed by atoms with Crippen LogP contribution in [-0.4, -0.2) is 34.6 Å². The van der Waals surface area contributed by atoms with E-state index in [1.807, 2.05) is 14.0 Å². The summed E-state index contributed by atoms with van der Waals surface area (Å²) >= 11 is 0. The third-order valence-corrected chi connectivity index (χ3v) is 3.54. The summed E-state index contributed by atoms with van der Waals surface area (Å²) in [6, 6.07) is 0.0578. The quantitative estimate of drug-likeness (QED) is 0.741. The van der Waals surface area contributed by atoms with Gasteiger partial charge in [0, 0.05) is 11.6 Å². The van der Waals surface area contributed by atoms with Crippen LogP contribution in [-0.2, 0) is 4.79 Å². The molecule has 0 radical (unpaired) electrons. The van der Waals surface area contributed by atoms with Crippen LogP contribution in [0, 0.1) is 5.92 Å². The molecule has 14 heavy (non-hydrogen) atoms. The molecule has 0 aromatic heterocycles. The Kier molecular flexibility index (Phi) is 4.59. The minimum Gasteiger partial charge on any atom is -0.481 e. The molecule has 0 amide bonds.